The number of hydrogen-bond donors (Lipinski definition) is 2. The molecule has 0 spiro atoms. The summed E-state index contributed by atoms with van der Waals surface area (Å²) in [6.45, 7) is 3.08. The van der Waals surface area contributed by atoms with E-state index in [2.05, 4.69) is 10.3 Å². The van der Waals surface area contributed by atoms with E-state index >= 15 is 0 Å². The number of esters is 1. The quantitative estimate of drug-likeness (QED) is 0.0780. The lowest BCUT2D eigenvalue weighted by Gasteiger charge is -2.38. The van der Waals surface area contributed by atoms with Gasteiger partial charge >= 0.3 is 18.2 Å². The maximum Gasteiger partial charge on any atom is 0.418 e. The molecule has 0 radical (unpaired) electrons. The molecule has 0 saturated carbocycles. The van der Waals surface area contributed by atoms with Crippen molar-refractivity contribution < 1.29 is 51.3 Å². The van der Waals surface area contributed by atoms with Crippen LogP contribution in [0.25, 0.3) is 0 Å². The molecule has 0 aliphatic carbocycles. The molecule has 3 heterocycles. The van der Waals surface area contributed by atoms with Crippen molar-refractivity contribution in [2.75, 3.05) is 102 Å². The zero-order valence-corrected chi connectivity index (χ0v) is 34.4. The van der Waals surface area contributed by atoms with Gasteiger partial charge in [-0.15, -0.1) is 0 Å². The molecule has 2 aliphatic rings. The van der Waals surface area contributed by atoms with Gasteiger partial charge in [0.15, 0.2) is 6.10 Å². The number of anilines is 3. The van der Waals surface area contributed by atoms with Crippen LogP contribution in [0.5, 0.6) is 0 Å². The first-order chi connectivity index (χ1) is 28.8. The highest BCUT2D eigenvalue weighted by Gasteiger charge is 2.37. The highest BCUT2D eigenvalue weighted by atomic mass is 35.5. The number of nitrogens with zero attached hydrogens (tertiary/aromatic N) is 5. The van der Waals surface area contributed by atoms with Crippen molar-refractivity contribution in [1.29, 1.82) is 0 Å². The number of amides is 3. The van der Waals surface area contributed by atoms with Crippen LogP contribution in [0.4, 0.5) is 35.2 Å². The molecule has 0 unspecified atom stereocenters. The Morgan fingerprint density at radius 1 is 1.00 bits per heavy atom. The molecule has 2 aromatic carbocycles. The van der Waals surface area contributed by atoms with E-state index in [1.54, 1.807) is 24.1 Å². The van der Waals surface area contributed by atoms with Gasteiger partial charge in [-0.2, -0.15) is 13.2 Å². The molecule has 0 bridgehead atoms. The molecule has 3 aromatic rings. The molecule has 1 aromatic heterocycles. The van der Waals surface area contributed by atoms with Crippen LogP contribution in [0, 0.1) is 0 Å². The fourth-order valence-electron chi connectivity index (χ4n) is 7.12. The highest BCUT2D eigenvalue weighted by Crippen LogP contribution is 2.38. The van der Waals surface area contributed by atoms with E-state index in [1.165, 1.54) is 22.1 Å². The number of nitrogens with one attached hydrogen (secondary N) is 1. The Bertz CT molecular complexity index is 1910. The average Bonchev–Trinajstić information content (AvgIpc) is 3.25. The number of hydrogen-bond acceptors (Lipinski definition) is 12. The van der Waals surface area contributed by atoms with Gasteiger partial charge in [-0.1, -0.05) is 29.8 Å². The minimum absolute atomic E-state index is 0.00734. The number of carbonyl (C=O) groups excluding carboxylic acids is 4. The monoisotopic (exact) mass is 861 g/mol. The molecular weight excluding hydrogens is 811 g/mol. The number of rotatable bonds is 18. The number of halogens is 4. The van der Waals surface area contributed by atoms with Crippen molar-refractivity contribution in [3.05, 3.63) is 82.0 Å². The molecule has 5 rings (SSSR count). The van der Waals surface area contributed by atoms with Gasteiger partial charge in [0.25, 0.3) is 5.91 Å². The Hall–Kier alpha value is -5.33. The van der Waals surface area contributed by atoms with E-state index in [1.807, 2.05) is 36.2 Å². The van der Waals surface area contributed by atoms with Crippen molar-refractivity contribution >= 4 is 53.2 Å². The van der Waals surface area contributed by atoms with Crippen molar-refractivity contribution in [1.82, 2.24) is 19.7 Å². The summed E-state index contributed by atoms with van der Waals surface area (Å²) < 4.78 is 62.9. The van der Waals surface area contributed by atoms with Crippen LogP contribution in [-0.4, -0.2) is 143 Å². The Kier molecular flexibility index (Phi) is 16.6. The van der Waals surface area contributed by atoms with Crippen LogP contribution in [0.15, 0.2) is 54.7 Å². The van der Waals surface area contributed by atoms with Gasteiger partial charge < -0.3 is 49.6 Å². The molecule has 2 saturated heterocycles. The number of piperazine rings is 1. The first-order valence-electron chi connectivity index (χ1n) is 19.6. The number of alkyl halides is 3. The number of carbonyl (C=O) groups is 4. The zero-order chi connectivity index (χ0) is 43.2. The minimum Gasteiger partial charge on any atom is -0.460 e. The number of piperidine rings is 1. The molecule has 60 heavy (non-hydrogen) atoms. The number of nitrogens with two attached hydrogens (primary N) is 1. The zero-order valence-electron chi connectivity index (χ0n) is 33.6. The van der Waals surface area contributed by atoms with Gasteiger partial charge in [0, 0.05) is 84.3 Å². The summed E-state index contributed by atoms with van der Waals surface area (Å²) in [6, 6.07) is 13.0. The Labute approximate surface area is 351 Å². The number of pyridine rings is 1. The molecule has 2 fully saturated rings. The first-order valence-corrected chi connectivity index (χ1v) is 20.0. The molecular formula is C41H51ClF3N7O8. The number of para-hydroxylation sites is 1. The molecule has 15 nitrogen and oxygen atoms in total. The van der Waals surface area contributed by atoms with E-state index in [0.717, 1.165) is 23.7 Å². The Morgan fingerprint density at radius 3 is 2.37 bits per heavy atom. The molecule has 3 amide bonds. The number of methoxy groups -OCH3 is 1. The van der Waals surface area contributed by atoms with Crippen LogP contribution in [0.3, 0.4) is 0 Å². The topological polar surface area (TPSA) is 169 Å². The fourth-order valence-corrected chi connectivity index (χ4v) is 7.37. The molecule has 326 valence electrons. The maximum absolute atomic E-state index is 14.1. The van der Waals surface area contributed by atoms with E-state index in [0.29, 0.717) is 57.9 Å². The van der Waals surface area contributed by atoms with Crippen molar-refractivity contribution in [2.45, 2.75) is 44.0 Å². The smallest absolute Gasteiger partial charge is 0.418 e. The van der Waals surface area contributed by atoms with Crippen LogP contribution >= 0.6 is 11.6 Å². The van der Waals surface area contributed by atoms with Crippen molar-refractivity contribution in [2.24, 2.45) is 0 Å². The highest BCUT2D eigenvalue weighted by molar-refractivity contribution is 6.33. The van der Waals surface area contributed by atoms with Crippen LogP contribution in [0.1, 0.15) is 39.9 Å². The Balaban J connectivity index is 1.21. The number of likely N-dealkylation sites (tertiary alicyclic amines) is 1. The summed E-state index contributed by atoms with van der Waals surface area (Å²) in [5.74, 6) is -0.592. The SMILES string of the molecule is CNc1ccccc1CCN(C=O)C1CCN(C(=O)O[C@H](Cc2cc(Cl)c(N)c(C(F)(F)F)c2)C(=O)N2CCN(c3ccc(C(=O)OCCOCCOC)cn3)CC2)CC1. The van der Waals surface area contributed by atoms with Crippen molar-refractivity contribution in [3.63, 3.8) is 0 Å². The summed E-state index contributed by atoms with van der Waals surface area (Å²) in [5.41, 5.74) is 6.15. The minimum atomic E-state index is -4.82. The summed E-state index contributed by atoms with van der Waals surface area (Å²) >= 11 is 6.12. The van der Waals surface area contributed by atoms with Gasteiger partial charge in [-0.3, -0.25) is 9.59 Å². The van der Waals surface area contributed by atoms with Gasteiger partial charge in [-0.05, 0) is 60.7 Å². The normalized spacial score (nSPS) is 15.3. The van der Waals surface area contributed by atoms with E-state index in [9.17, 15) is 32.3 Å². The molecule has 1 atom stereocenters. The second kappa shape index (κ2) is 21.8. The third-order valence-electron chi connectivity index (χ3n) is 10.5. The molecule has 3 N–H and O–H groups in total. The summed E-state index contributed by atoms with van der Waals surface area (Å²) in [6.07, 6.45) is -3.74. The summed E-state index contributed by atoms with van der Waals surface area (Å²) in [5, 5.41) is 2.81. The number of ether oxygens (including phenoxy) is 4. The number of benzene rings is 2. The van der Waals surface area contributed by atoms with Gasteiger partial charge in [0.1, 0.15) is 12.4 Å². The van der Waals surface area contributed by atoms with Crippen LogP contribution < -0.4 is 16.0 Å². The molecule has 2 aliphatic heterocycles. The third-order valence-corrected chi connectivity index (χ3v) is 10.8. The van der Waals surface area contributed by atoms with Gasteiger partial charge in [0.2, 0.25) is 6.41 Å². The fraction of sp³-hybridized carbons (Fsp3) is 0.488. The molecule has 19 heteroatoms. The summed E-state index contributed by atoms with van der Waals surface area (Å²) in [7, 11) is 3.39. The largest absolute Gasteiger partial charge is 0.460 e. The van der Waals surface area contributed by atoms with Crippen LogP contribution in [0.2, 0.25) is 5.02 Å². The average molecular weight is 862 g/mol. The van der Waals surface area contributed by atoms with Crippen molar-refractivity contribution in [3.8, 4) is 0 Å². The third kappa shape index (κ3) is 12.4. The second-order valence-electron chi connectivity index (χ2n) is 14.3. The van der Waals surface area contributed by atoms with E-state index in [-0.39, 0.29) is 61.6 Å². The lowest BCUT2D eigenvalue weighted by Crippen LogP contribution is -2.53. The lowest BCUT2D eigenvalue weighted by atomic mass is 10.0. The predicted octanol–water partition coefficient (Wildman–Crippen LogP) is 4.76. The predicted molar refractivity (Wildman–Crippen MR) is 218 cm³/mol. The number of aromatic nitrogens is 1. The second-order valence-corrected chi connectivity index (χ2v) is 14.7. The van der Waals surface area contributed by atoms with Crippen LogP contribution in [-0.2, 0) is 47.6 Å². The first kappa shape index (κ1) is 45.7. The Morgan fingerprint density at radius 2 is 1.72 bits per heavy atom. The van der Waals surface area contributed by atoms with Gasteiger partial charge in [0.05, 0.1) is 41.7 Å². The lowest BCUT2D eigenvalue weighted by molar-refractivity contribution is -0.141. The van der Waals surface area contributed by atoms with E-state index < -0.39 is 47.9 Å². The summed E-state index contributed by atoms with van der Waals surface area (Å²) in [4.78, 5) is 63.2. The van der Waals surface area contributed by atoms with Gasteiger partial charge in [-0.25, -0.2) is 14.6 Å². The van der Waals surface area contributed by atoms with E-state index in [4.69, 9.17) is 36.3 Å². The number of nitrogen functional groups attached to an aromatic ring is 1. The standard InChI is InChI=1S/C41H51ClF3N7O8/c1-47-34-6-4-3-5-29(34)9-12-52(27-53)31-10-13-51(14-11-31)40(56)60-35(25-28-23-32(41(43,44)45)37(46)33(42)24-28)38(54)50-17-15-49(16-18-50)36-8-7-30(26-48-36)39(55)59-22-21-58-20-19-57-2/h3-8,23-24,26-27,31,35,47H,9-22,25,46H2,1-2H3/t35-/m1/s1. The maximum atomic E-state index is 14.1.